The summed E-state index contributed by atoms with van der Waals surface area (Å²) in [5, 5.41) is 0. The van der Waals surface area contributed by atoms with Crippen molar-refractivity contribution in [3.63, 3.8) is 0 Å². The zero-order chi connectivity index (χ0) is 25.1. The second-order valence-electron chi connectivity index (χ2n) is 11.3. The second-order valence-corrected chi connectivity index (χ2v) is 12.4. The van der Waals surface area contributed by atoms with Gasteiger partial charge in [-0.15, -0.1) is 0 Å². The molecular formula is C26H41NaO7S. The van der Waals surface area contributed by atoms with Crippen molar-refractivity contribution in [2.24, 2.45) is 28.6 Å². The number of fused-ring (bicyclic) bond motifs is 1. The first kappa shape index (κ1) is 31.0. The summed E-state index contributed by atoms with van der Waals surface area (Å²) in [6, 6.07) is 0. The van der Waals surface area contributed by atoms with Gasteiger partial charge in [0, 0.05) is 12.7 Å². The number of ether oxygens (including phenoxy) is 2. The van der Waals surface area contributed by atoms with Crippen LogP contribution >= 0.6 is 0 Å². The first-order valence-electron chi connectivity index (χ1n) is 12.6. The normalized spacial score (nSPS) is 31.0. The molecule has 9 heteroatoms. The van der Waals surface area contributed by atoms with Crippen molar-refractivity contribution < 1.29 is 61.0 Å². The third kappa shape index (κ3) is 7.88. The molecule has 0 aromatic carbocycles. The molecule has 3 rings (SSSR count). The first-order valence-corrected chi connectivity index (χ1v) is 13.9. The van der Waals surface area contributed by atoms with Gasteiger partial charge in [0.1, 0.15) is 0 Å². The molecule has 0 aromatic heterocycles. The molecule has 0 saturated heterocycles. The topological polar surface area (TPSA) is 102 Å². The van der Waals surface area contributed by atoms with Crippen LogP contribution in [0.15, 0.2) is 23.3 Å². The fourth-order valence-corrected chi connectivity index (χ4v) is 6.61. The summed E-state index contributed by atoms with van der Waals surface area (Å²) in [5.41, 5.74) is 2.50. The maximum absolute atomic E-state index is 12.0. The molecule has 35 heavy (non-hydrogen) atoms. The van der Waals surface area contributed by atoms with Crippen molar-refractivity contribution in [1.82, 2.24) is 0 Å². The number of esters is 1. The van der Waals surface area contributed by atoms with E-state index in [2.05, 4.69) is 38.0 Å². The summed E-state index contributed by atoms with van der Waals surface area (Å²) in [6.07, 6.45) is 11.8. The average molecular weight is 521 g/mol. The Kier molecular flexibility index (Phi) is 11.1. The van der Waals surface area contributed by atoms with Crippen molar-refractivity contribution >= 4 is 16.4 Å². The molecule has 1 heterocycles. The van der Waals surface area contributed by atoms with E-state index in [0.717, 1.165) is 19.3 Å². The van der Waals surface area contributed by atoms with Crippen LogP contribution in [-0.2, 0) is 28.9 Å². The van der Waals surface area contributed by atoms with E-state index in [1.807, 2.05) is 0 Å². The van der Waals surface area contributed by atoms with Crippen LogP contribution in [-0.4, -0.2) is 38.9 Å². The Balaban J connectivity index is 0.00000432. The summed E-state index contributed by atoms with van der Waals surface area (Å²) < 4.78 is 48.2. The van der Waals surface area contributed by atoms with Crippen molar-refractivity contribution in [3.8, 4) is 0 Å². The molecule has 194 valence electrons. The van der Waals surface area contributed by atoms with Crippen molar-refractivity contribution in [3.05, 3.63) is 23.3 Å². The first-order chi connectivity index (χ1) is 15.9. The molecule has 1 saturated carbocycles. The smallest absolute Gasteiger partial charge is 0.726 e. The predicted molar refractivity (Wildman–Crippen MR) is 128 cm³/mol. The van der Waals surface area contributed by atoms with E-state index in [1.165, 1.54) is 26.4 Å². The van der Waals surface area contributed by atoms with Gasteiger partial charge in [0.2, 0.25) is 16.7 Å². The third-order valence-electron chi connectivity index (χ3n) is 8.74. The standard InChI is InChI=1S/C26H42O7S.Na/c1-18-11-12-21-22(10-7-14-25(21,2)3)26(18,4)15-13-19(17-32-34(28,29)30)8-6-9-20-16-23(31-5)33-24(20)27;/h10,16,18-19,21,23H,6-9,11-15,17H2,1-5H3,(H,28,29,30);/q;+1/p-1/t18-,19?,21?,23?,26?;/m0./s1. The van der Waals surface area contributed by atoms with Crippen molar-refractivity contribution in [2.75, 3.05) is 13.7 Å². The number of carbonyl (C=O) groups excluding carboxylic acids is 1. The quantitative estimate of drug-likeness (QED) is 0.135. The SMILES string of the molecule is COC1C=C(CCCC(CCC2(C)C3=CCCC(C)(C)C3CC[C@@H]2C)COS(=O)(=O)[O-])C(=O)O1.[Na+]. The number of hydrogen-bond acceptors (Lipinski definition) is 7. The Hall–Kier alpha value is -0.220. The van der Waals surface area contributed by atoms with Gasteiger partial charge in [-0.1, -0.05) is 39.3 Å². The minimum atomic E-state index is -4.75. The van der Waals surface area contributed by atoms with Gasteiger partial charge in [0.15, 0.2) is 0 Å². The molecule has 4 unspecified atom stereocenters. The Morgan fingerprint density at radius 1 is 1.23 bits per heavy atom. The van der Waals surface area contributed by atoms with Gasteiger partial charge in [0.05, 0.1) is 6.61 Å². The van der Waals surface area contributed by atoms with E-state index >= 15 is 0 Å². The number of methoxy groups -OCH3 is 1. The minimum absolute atomic E-state index is 0. The molecule has 0 aromatic rings. The molecule has 1 aliphatic heterocycles. The number of rotatable bonds is 11. The molecule has 0 bridgehead atoms. The van der Waals surface area contributed by atoms with E-state index in [-0.39, 0.29) is 53.5 Å². The minimum Gasteiger partial charge on any atom is -0.726 e. The molecule has 0 amide bonds. The number of allylic oxidation sites excluding steroid dienone is 2. The number of hydrogen-bond donors (Lipinski definition) is 0. The van der Waals surface area contributed by atoms with Crippen LogP contribution in [0.3, 0.4) is 0 Å². The number of carbonyl (C=O) groups is 1. The largest absolute Gasteiger partial charge is 1.00 e. The molecule has 5 atom stereocenters. The zero-order valence-corrected chi connectivity index (χ0v) is 25.1. The summed E-state index contributed by atoms with van der Waals surface area (Å²) in [4.78, 5) is 12.0. The predicted octanol–water partition coefficient (Wildman–Crippen LogP) is 2.29. The fraction of sp³-hybridized carbons (Fsp3) is 0.808. The van der Waals surface area contributed by atoms with Crippen LogP contribution in [0.4, 0.5) is 0 Å². The van der Waals surface area contributed by atoms with Crippen LogP contribution in [0.1, 0.15) is 85.5 Å². The van der Waals surface area contributed by atoms with Gasteiger partial charge in [-0.2, -0.15) is 0 Å². The zero-order valence-electron chi connectivity index (χ0n) is 22.3. The third-order valence-corrected chi connectivity index (χ3v) is 9.17. The maximum atomic E-state index is 12.0. The van der Waals surface area contributed by atoms with E-state index in [0.29, 0.717) is 42.1 Å². The van der Waals surface area contributed by atoms with Crippen LogP contribution in [0.25, 0.3) is 0 Å². The van der Waals surface area contributed by atoms with Crippen LogP contribution in [0.5, 0.6) is 0 Å². The molecular weight excluding hydrogens is 479 g/mol. The number of cyclic esters (lactones) is 1. The van der Waals surface area contributed by atoms with Crippen LogP contribution in [0, 0.1) is 28.6 Å². The molecule has 3 aliphatic rings. The second kappa shape index (κ2) is 12.5. The van der Waals surface area contributed by atoms with E-state index in [9.17, 15) is 17.8 Å². The van der Waals surface area contributed by atoms with Crippen molar-refractivity contribution in [1.29, 1.82) is 0 Å². The average Bonchev–Trinajstić information content (AvgIpc) is 3.11. The summed E-state index contributed by atoms with van der Waals surface area (Å²) in [5.74, 6) is 0.677. The van der Waals surface area contributed by atoms with Crippen molar-refractivity contribution in [2.45, 2.75) is 91.8 Å². The molecule has 0 N–H and O–H groups in total. The molecule has 0 radical (unpaired) electrons. The van der Waals surface area contributed by atoms with E-state index in [1.54, 1.807) is 11.6 Å². The molecule has 2 aliphatic carbocycles. The summed E-state index contributed by atoms with van der Waals surface area (Å²) >= 11 is 0. The van der Waals surface area contributed by atoms with E-state index < -0.39 is 16.7 Å². The van der Waals surface area contributed by atoms with Gasteiger partial charge in [-0.05, 0) is 92.4 Å². The van der Waals surface area contributed by atoms with Gasteiger partial charge in [0.25, 0.3) is 0 Å². The Morgan fingerprint density at radius 3 is 2.57 bits per heavy atom. The Bertz CT molecular complexity index is 911. The summed E-state index contributed by atoms with van der Waals surface area (Å²) in [6.45, 7) is 9.34. The maximum Gasteiger partial charge on any atom is 1.00 e. The van der Waals surface area contributed by atoms with Gasteiger partial charge in [-0.25, -0.2) is 13.2 Å². The van der Waals surface area contributed by atoms with Gasteiger partial charge >= 0.3 is 35.5 Å². The molecule has 7 nitrogen and oxygen atoms in total. The Morgan fingerprint density at radius 2 is 1.94 bits per heavy atom. The molecule has 1 fully saturated rings. The van der Waals surface area contributed by atoms with Gasteiger partial charge < -0.3 is 14.0 Å². The Labute approximate surface area is 233 Å². The van der Waals surface area contributed by atoms with E-state index in [4.69, 9.17) is 9.47 Å². The van der Waals surface area contributed by atoms with Crippen LogP contribution in [0.2, 0.25) is 0 Å². The summed E-state index contributed by atoms with van der Waals surface area (Å²) in [7, 11) is -3.27. The van der Waals surface area contributed by atoms with Crippen LogP contribution < -0.4 is 29.6 Å². The van der Waals surface area contributed by atoms with Gasteiger partial charge in [-0.3, -0.25) is 4.18 Å². The fourth-order valence-electron chi connectivity index (χ4n) is 6.25. The molecule has 0 spiro atoms. The monoisotopic (exact) mass is 520 g/mol.